The van der Waals surface area contributed by atoms with Crippen LogP contribution in [0, 0.1) is 11.3 Å². The molecule has 9 heteroatoms. The molecule has 1 aromatic heterocycles. The van der Waals surface area contributed by atoms with Gasteiger partial charge in [0.05, 0.1) is 17.8 Å². The number of ether oxygens (including phenoxy) is 1. The van der Waals surface area contributed by atoms with Crippen molar-refractivity contribution in [2.45, 2.75) is 25.0 Å². The number of benzene rings is 2. The molecule has 0 spiro atoms. The first kappa shape index (κ1) is 26.9. The minimum atomic E-state index is -0.607. The number of anilines is 1. The number of hydrogen-bond donors (Lipinski definition) is 3. The first-order valence-corrected chi connectivity index (χ1v) is 11.9. The summed E-state index contributed by atoms with van der Waals surface area (Å²) in [5.74, 6) is 0.566. The highest BCUT2D eigenvalue weighted by Crippen LogP contribution is 2.18. The van der Waals surface area contributed by atoms with Gasteiger partial charge in [-0.15, -0.1) is 0 Å². The lowest BCUT2D eigenvalue weighted by Gasteiger charge is -2.19. The Bertz CT molecular complexity index is 1150. The van der Waals surface area contributed by atoms with Crippen molar-refractivity contribution in [1.29, 1.82) is 5.26 Å². The van der Waals surface area contributed by atoms with Crippen molar-refractivity contribution in [2.24, 2.45) is 0 Å². The second kappa shape index (κ2) is 14.0. The lowest BCUT2D eigenvalue weighted by molar-refractivity contribution is -0.118. The fourth-order valence-corrected chi connectivity index (χ4v) is 3.60. The Morgan fingerprint density at radius 3 is 2.53 bits per heavy atom. The van der Waals surface area contributed by atoms with E-state index in [2.05, 4.69) is 34.5 Å². The maximum Gasteiger partial charge on any atom is 0.247 e. The van der Waals surface area contributed by atoms with E-state index in [0.29, 0.717) is 43.1 Å². The zero-order chi connectivity index (χ0) is 25.8. The van der Waals surface area contributed by atoms with Crippen LogP contribution in [0.4, 0.5) is 5.82 Å². The van der Waals surface area contributed by atoms with E-state index in [9.17, 15) is 9.59 Å². The largest absolute Gasteiger partial charge is 0.481 e. The van der Waals surface area contributed by atoms with Gasteiger partial charge in [-0.25, -0.2) is 4.98 Å². The van der Waals surface area contributed by atoms with Crippen molar-refractivity contribution in [3.05, 3.63) is 89.6 Å². The first-order chi connectivity index (χ1) is 17.5. The molecule has 8 nitrogen and oxygen atoms in total. The quantitative estimate of drug-likeness (QED) is 0.242. The lowest BCUT2D eigenvalue weighted by atomic mass is 10.1. The molecule has 2 aromatic carbocycles. The van der Waals surface area contributed by atoms with Gasteiger partial charge < -0.3 is 15.4 Å². The molecule has 0 saturated heterocycles. The molecule has 2 N–H and O–H groups in total. The second-order valence-electron chi connectivity index (χ2n) is 8.19. The van der Waals surface area contributed by atoms with Crippen LogP contribution >= 0.6 is 12.8 Å². The van der Waals surface area contributed by atoms with Gasteiger partial charge in [0.15, 0.2) is 12.4 Å². The summed E-state index contributed by atoms with van der Waals surface area (Å²) < 4.78 is 7.35. The van der Waals surface area contributed by atoms with Crippen LogP contribution in [0.2, 0.25) is 0 Å². The number of thiol groups is 1. The zero-order valence-electron chi connectivity index (χ0n) is 20.0. The van der Waals surface area contributed by atoms with Gasteiger partial charge in [0.2, 0.25) is 5.91 Å². The van der Waals surface area contributed by atoms with Crippen LogP contribution in [0.25, 0.3) is 0 Å². The predicted molar refractivity (Wildman–Crippen MR) is 142 cm³/mol. The molecule has 0 aliphatic carbocycles. The van der Waals surface area contributed by atoms with Gasteiger partial charge in [0, 0.05) is 19.5 Å². The monoisotopic (exact) mass is 503 g/mol. The van der Waals surface area contributed by atoms with Crippen LogP contribution in [-0.4, -0.2) is 47.7 Å². The molecule has 0 aliphatic rings. The second-order valence-corrected chi connectivity index (χ2v) is 8.87. The van der Waals surface area contributed by atoms with Gasteiger partial charge in [-0.3, -0.25) is 13.9 Å². The van der Waals surface area contributed by atoms with E-state index in [0.717, 1.165) is 17.4 Å². The fraction of sp³-hybridized carbons (Fsp3) is 0.259. The highest BCUT2D eigenvalue weighted by molar-refractivity contribution is 7.77. The number of nitrogens with one attached hydrogen (secondary N) is 2. The third-order valence-electron chi connectivity index (χ3n) is 5.40. The van der Waals surface area contributed by atoms with Crippen molar-refractivity contribution in [2.75, 3.05) is 25.5 Å². The minimum absolute atomic E-state index is 0.246. The first-order valence-electron chi connectivity index (χ1n) is 11.5. The van der Waals surface area contributed by atoms with E-state index in [1.54, 1.807) is 35.6 Å². The number of aldehydes is 1. The Labute approximate surface area is 216 Å². The van der Waals surface area contributed by atoms with Gasteiger partial charge >= 0.3 is 0 Å². The lowest BCUT2D eigenvalue weighted by Crippen LogP contribution is -2.34. The average molecular weight is 504 g/mol. The number of carbonyl (C=O) groups excluding carboxylic acids is 2. The van der Waals surface area contributed by atoms with Crippen LogP contribution < -0.4 is 15.4 Å². The molecule has 2 atom stereocenters. The van der Waals surface area contributed by atoms with Crippen molar-refractivity contribution in [3.63, 3.8) is 0 Å². The summed E-state index contributed by atoms with van der Waals surface area (Å²) >= 11 is 4.17. The Morgan fingerprint density at radius 1 is 1.17 bits per heavy atom. The number of amides is 1. The van der Waals surface area contributed by atoms with Gasteiger partial charge in [0.1, 0.15) is 17.6 Å². The summed E-state index contributed by atoms with van der Waals surface area (Å²) in [7, 11) is 1.80. The van der Waals surface area contributed by atoms with E-state index in [4.69, 9.17) is 10.00 Å². The molecule has 186 valence electrons. The highest BCUT2D eigenvalue weighted by atomic mass is 32.1. The number of rotatable bonds is 13. The molecule has 0 radical (unpaired) electrons. The normalized spacial score (nSPS) is 12.4. The third kappa shape index (κ3) is 8.50. The average Bonchev–Trinajstić information content (AvgIpc) is 2.90. The predicted octanol–water partition coefficient (Wildman–Crippen LogP) is 3.58. The Hall–Kier alpha value is -3.71. The van der Waals surface area contributed by atoms with Crippen LogP contribution in [0.3, 0.4) is 0 Å². The maximum atomic E-state index is 13.2. The summed E-state index contributed by atoms with van der Waals surface area (Å²) in [5.41, 5.74) is 2.52. The smallest absolute Gasteiger partial charge is 0.247 e. The van der Waals surface area contributed by atoms with Crippen molar-refractivity contribution in [1.82, 2.24) is 14.6 Å². The molecule has 3 aromatic rings. The molecule has 3 rings (SSSR count). The molecule has 0 bridgehead atoms. The number of pyridine rings is 1. The van der Waals surface area contributed by atoms with Gasteiger partial charge in [-0.05, 0) is 48.9 Å². The standard InChI is InChI=1S/C27H29N5O3S/c1-32(36)16-14-24(19-33)35-23-11-12-25(30-18-23)31-27(34)26(22-5-3-2-4-6-22)29-15-13-20-7-9-21(17-28)10-8-20/h2-12,18-19,24,26,29,36H,13-16H2,1H3,(H,30,31,34). The Morgan fingerprint density at radius 2 is 1.92 bits per heavy atom. The van der Waals surface area contributed by atoms with Crippen molar-refractivity contribution < 1.29 is 14.3 Å². The molecule has 36 heavy (non-hydrogen) atoms. The van der Waals surface area contributed by atoms with Gasteiger partial charge in [-0.1, -0.05) is 55.3 Å². The van der Waals surface area contributed by atoms with E-state index >= 15 is 0 Å². The van der Waals surface area contributed by atoms with Crippen molar-refractivity contribution >= 4 is 30.8 Å². The SMILES string of the molecule is CN(S)CCC(C=O)Oc1ccc(NC(=O)C(NCCc2ccc(C#N)cc2)c2ccccc2)nc1. The molecular weight excluding hydrogens is 474 g/mol. The van der Waals surface area contributed by atoms with E-state index < -0.39 is 12.1 Å². The fourth-order valence-electron chi connectivity index (χ4n) is 3.48. The molecule has 2 unspecified atom stereocenters. The summed E-state index contributed by atoms with van der Waals surface area (Å²) in [6.07, 6.45) is 2.82. The minimum Gasteiger partial charge on any atom is -0.481 e. The third-order valence-corrected chi connectivity index (χ3v) is 5.60. The molecular formula is C27H29N5O3S. The maximum absolute atomic E-state index is 13.2. The van der Waals surface area contributed by atoms with Gasteiger partial charge in [0.25, 0.3) is 0 Å². The van der Waals surface area contributed by atoms with E-state index in [1.165, 1.54) is 6.20 Å². The number of carbonyl (C=O) groups is 2. The van der Waals surface area contributed by atoms with Crippen molar-refractivity contribution in [3.8, 4) is 11.8 Å². The summed E-state index contributed by atoms with van der Waals surface area (Å²) in [5, 5.41) is 15.1. The van der Waals surface area contributed by atoms with Crippen LogP contribution in [0.5, 0.6) is 5.75 Å². The van der Waals surface area contributed by atoms with Gasteiger partial charge in [-0.2, -0.15) is 5.26 Å². The summed E-state index contributed by atoms with van der Waals surface area (Å²) in [6.45, 7) is 1.15. The number of hydrogen-bond acceptors (Lipinski definition) is 8. The number of aromatic nitrogens is 1. The molecule has 0 aliphatic heterocycles. The van der Waals surface area contributed by atoms with E-state index in [-0.39, 0.29) is 5.91 Å². The topological polar surface area (TPSA) is 107 Å². The summed E-state index contributed by atoms with van der Waals surface area (Å²) in [6, 6.07) is 21.7. The number of nitriles is 1. The molecule has 0 saturated carbocycles. The van der Waals surface area contributed by atoms with Crippen LogP contribution in [0.1, 0.15) is 29.2 Å². The van der Waals surface area contributed by atoms with Crippen LogP contribution in [-0.2, 0) is 16.0 Å². The van der Waals surface area contributed by atoms with Crippen LogP contribution in [0.15, 0.2) is 72.9 Å². The summed E-state index contributed by atoms with van der Waals surface area (Å²) in [4.78, 5) is 28.7. The molecule has 1 heterocycles. The van der Waals surface area contributed by atoms with E-state index in [1.807, 2.05) is 42.5 Å². The Balaban J connectivity index is 1.61. The number of nitrogens with zero attached hydrogens (tertiary/aromatic N) is 3. The Kier molecular flexibility index (Phi) is 10.5. The molecule has 1 amide bonds. The zero-order valence-corrected chi connectivity index (χ0v) is 20.9. The highest BCUT2D eigenvalue weighted by Gasteiger charge is 2.20. The molecule has 0 fully saturated rings.